The molecule has 1 aromatic carbocycles. The molecule has 1 heterocycles. The van der Waals surface area contributed by atoms with Crippen LogP contribution in [0.3, 0.4) is 0 Å². The predicted molar refractivity (Wildman–Crippen MR) is 64.7 cm³/mol. The molecular weight excluding hydrogens is 218 g/mol. The number of nitro groups is 1. The van der Waals surface area contributed by atoms with Crippen LogP contribution in [0.5, 0.6) is 0 Å². The fourth-order valence-electron chi connectivity index (χ4n) is 1.69. The van der Waals surface area contributed by atoms with Gasteiger partial charge in [0.2, 0.25) is 0 Å². The Labute approximate surface area is 98.6 Å². The molecule has 0 saturated carbocycles. The molecule has 0 aliphatic heterocycles. The van der Waals surface area contributed by atoms with Crippen LogP contribution >= 0.6 is 0 Å². The molecule has 0 unspecified atom stereocenters. The van der Waals surface area contributed by atoms with E-state index in [-0.39, 0.29) is 5.69 Å². The van der Waals surface area contributed by atoms with E-state index in [4.69, 9.17) is 0 Å². The monoisotopic (exact) mass is 231 g/mol. The molecule has 2 aromatic rings. The number of nitro benzene ring substituents is 1. The molecule has 0 radical (unpaired) electrons. The van der Waals surface area contributed by atoms with E-state index in [2.05, 4.69) is 17.1 Å². The Bertz CT molecular complexity index is 534. The van der Waals surface area contributed by atoms with E-state index in [1.807, 2.05) is 12.1 Å². The lowest BCUT2D eigenvalue weighted by Crippen LogP contribution is -1.88. The SMILES string of the molecule is CCCc1cc(-c2cccc([N+](=O)[O-])c2)n[nH]1. The van der Waals surface area contributed by atoms with Crippen LogP contribution in [0, 0.1) is 10.1 Å². The Balaban J connectivity index is 2.32. The van der Waals surface area contributed by atoms with E-state index >= 15 is 0 Å². The molecule has 17 heavy (non-hydrogen) atoms. The van der Waals surface area contributed by atoms with Crippen LogP contribution in [0.25, 0.3) is 11.3 Å². The van der Waals surface area contributed by atoms with Gasteiger partial charge in [0, 0.05) is 23.4 Å². The minimum Gasteiger partial charge on any atom is -0.282 e. The third-order valence-corrected chi connectivity index (χ3v) is 2.50. The summed E-state index contributed by atoms with van der Waals surface area (Å²) in [7, 11) is 0. The van der Waals surface area contributed by atoms with Crippen molar-refractivity contribution in [2.45, 2.75) is 19.8 Å². The molecule has 88 valence electrons. The highest BCUT2D eigenvalue weighted by atomic mass is 16.6. The van der Waals surface area contributed by atoms with Gasteiger partial charge >= 0.3 is 0 Å². The molecule has 0 atom stereocenters. The maximum atomic E-state index is 10.7. The van der Waals surface area contributed by atoms with Crippen LogP contribution < -0.4 is 0 Å². The molecule has 0 saturated heterocycles. The number of non-ortho nitro benzene ring substituents is 1. The summed E-state index contributed by atoms with van der Waals surface area (Å²) in [5.74, 6) is 0. The minimum absolute atomic E-state index is 0.0857. The highest BCUT2D eigenvalue weighted by Gasteiger charge is 2.09. The van der Waals surface area contributed by atoms with Crippen molar-refractivity contribution in [3.63, 3.8) is 0 Å². The maximum Gasteiger partial charge on any atom is 0.270 e. The Morgan fingerprint density at radius 3 is 2.94 bits per heavy atom. The van der Waals surface area contributed by atoms with Gasteiger partial charge in [-0.15, -0.1) is 0 Å². The summed E-state index contributed by atoms with van der Waals surface area (Å²) in [6.07, 6.45) is 1.97. The predicted octanol–water partition coefficient (Wildman–Crippen LogP) is 2.94. The van der Waals surface area contributed by atoms with Crippen molar-refractivity contribution >= 4 is 5.69 Å². The Hall–Kier alpha value is -2.17. The average molecular weight is 231 g/mol. The zero-order chi connectivity index (χ0) is 12.3. The standard InChI is InChI=1S/C12H13N3O2/c1-2-4-10-8-12(14-13-10)9-5-3-6-11(7-9)15(16)17/h3,5-8H,2,4H2,1H3,(H,13,14). The first-order chi connectivity index (χ1) is 8.20. The summed E-state index contributed by atoms with van der Waals surface area (Å²) in [5, 5.41) is 17.8. The molecule has 0 aliphatic rings. The third kappa shape index (κ3) is 2.50. The van der Waals surface area contributed by atoms with Crippen LogP contribution in [-0.4, -0.2) is 15.1 Å². The molecule has 0 amide bonds. The number of H-pyrrole nitrogens is 1. The van der Waals surface area contributed by atoms with Crippen molar-refractivity contribution in [3.8, 4) is 11.3 Å². The lowest BCUT2D eigenvalue weighted by Gasteiger charge is -1.95. The molecule has 5 nitrogen and oxygen atoms in total. The fourth-order valence-corrected chi connectivity index (χ4v) is 1.69. The van der Waals surface area contributed by atoms with Crippen molar-refractivity contribution in [2.24, 2.45) is 0 Å². The lowest BCUT2D eigenvalue weighted by molar-refractivity contribution is -0.384. The van der Waals surface area contributed by atoms with Gasteiger partial charge in [-0.3, -0.25) is 15.2 Å². The number of benzene rings is 1. The van der Waals surface area contributed by atoms with Gasteiger partial charge in [-0.05, 0) is 12.5 Å². The number of nitrogens with one attached hydrogen (secondary N) is 1. The quantitative estimate of drug-likeness (QED) is 0.649. The van der Waals surface area contributed by atoms with Crippen LogP contribution in [0.4, 0.5) is 5.69 Å². The van der Waals surface area contributed by atoms with Gasteiger partial charge in [0.15, 0.2) is 0 Å². The molecule has 0 fully saturated rings. The second kappa shape index (κ2) is 4.78. The van der Waals surface area contributed by atoms with Crippen molar-refractivity contribution in [3.05, 3.63) is 46.1 Å². The molecule has 0 spiro atoms. The summed E-state index contributed by atoms with van der Waals surface area (Å²) in [4.78, 5) is 10.3. The van der Waals surface area contributed by atoms with Crippen molar-refractivity contribution in [2.75, 3.05) is 0 Å². The van der Waals surface area contributed by atoms with E-state index in [0.29, 0.717) is 0 Å². The summed E-state index contributed by atoms with van der Waals surface area (Å²) in [6, 6.07) is 8.43. The van der Waals surface area contributed by atoms with Crippen molar-refractivity contribution in [1.29, 1.82) is 0 Å². The van der Waals surface area contributed by atoms with Gasteiger partial charge in [-0.1, -0.05) is 25.5 Å². The molecule has 1 N–H and O–H groups in total. The van der Waals surface area contributed by atoms with Gasteiger partial charge in [0.1, 0.15) is 0 Å². The Kier molecular flexibility index (Phi) is 3.18. The average Bonchev–Trinajstić information content (AvgIpc) is 2.78. The van der Waals surface area contributed by atoms with E-state index in [9.17, 15) is 10.1 Å². The molecular formula is C12H13N3O2. The second-order valence-corrected chi connectivity index (χ2v) is 3.84. The van der Waals surface area contributed by atoms with E-state index < -0.39 is 4.92 Å². The topological polar surface area (TPSA) is 71.8 Å². The highest BCUT2D eigenvalue weighted by Crippen LogP contribution is 2.22. The Morgan fingerprint density at radius 1 is 1.41 bits per heavy atom. The van der Waals surface area contributed by atoms with Crippen LogP contribution in [-0.2, 0) is 6.42 Å². The second-order valence-electron chi connectivity index (χ2n) is 3.84. The van der Waals surface area contributed by atoms with Crippen LogP contribution in [0.2, 0.25) is 0 Å². The smallest absolute Gasteiger partial charge is 0.270 e. The number of aryl methyl sites for hydroxylation is 1. The van der Waals surface area contributed by atoms with Crippen LogP contribution in [0.15, 0.2) is 30.3 Å². The third-order valence-electron chi connectivity index (χ3n) is 2.50. The summed E-state index contributed by atoms with van der Waals surface area (Å²) >= 11 is 0. The van der Waals surface area contributed by atoms with E-state index in [1.54, 1.807) is 6.07 Å². The number of hydrogen-bond acceptors (Lipinski definition) is 3. The van der Waals surface area contributed by atoms with Gasteiger partial charge in [0.25, 0.3) is 5.69 Å². The van der Waals surface area contributed by atoms with E-state index in [0.717, 1.165) is 29.8 Å². The fraction of sp³-hybridized carbons (Fsp3) is 0.250. The summed E-state index contributed by atoms with van der Waals surface area (Å²) < 4.78 is 0. The molecule has 0 bridgehead atoms. The highest BCUT2D eigenvalue weighted by molar-refractivity contribution is 5.62. The zero-order valence-electron chi connectivity index (χ0n) is 9.51. The minimum atomic E-state index is -0.400. The van der Waals surface area contributed by atoms with Gasteiger partial charge in [-0.25, -0.2) is 0 Å². The molecule has 5 heteroatoms. The molecule has 0 aliphatic carbocycles. The summed E-state index contributed by atoms with van der Waals surface area (Å²) in [6.45, 7) is 2.09. The summed E-state index contributed by atoms with van der Waals surface area (Å²) in [5.41, 5.74) is 2.64. The number of rotatable bonds is 4. The zero-order valence-corrected chi connectivity index (χ0v) is 9.51. The number of hydrogen-bond donors (Lipinski definition) is 1. The van der Waals surface area contributed by atoms with Gasteiger partial charge < -0.3 is 0 Å². The molecule has 1 aromatic heterocycles. The first-order valence-electron chi connectivity index (χ1n) is 5.50. The largest absolute Gasteiger partial charge is 0.282 e. The van der Waals surface area contributed by atoms with E-state index in [1.165, 1.54) is 12.1 Å². The number of aromatic amines is 1. The first-order valence-corrected chi connectivity index (χ1v) is 5.50. The van der Waals surface area contributed by atoms with Crippen molar-refractivity contribution in [1.82, 2.24) is 10.2 Å². The number of aromatic nitrogens is 2. The lowest BCUT2D eigenvalue weighted by atomic mass is 10.1. The number of nitrogens with zero attached hydrogens (tertiary/aromatic N) is 2. The first kappa shape index (κ1) is 11.3. The molecule has 2 rings (SSSR count). The van der Waals surface area contributed by atoms with Crippen molar-refractivity contribution < 1.29 is 4.92 Å². The van der Waals surface area contributed by atoms with Gasteiger partial charge in [-0.2, -0.15) is 5.10 Å². The maximum absolute atomic E-state index is 10.7. The Morgan fingerprint density at radius 2 is 2.24 bits per heavy atom. The normalized spacial score (nSPS) is 10.4. The van der Waals surface area contributed by atoms with Gasteiger partial charge in [0.05, 0.1) is 10.6 Å². The van der Waals surface area contributed by atoms with Crippen LogP contribution in [0.1, 0.15) is 19.0 Å².